The third-order valence-corrected chi connectivity index (χ3v) is 23.2. The second-order valence-electron chi connectivity index (χ2n) is 31.0. The zero-order valence-electron chi connectivity index (χ0n) is 64.5. The van der Waals surface area contributed by atoms with Gasteiger partial charge in [0.2, 0.25) is 5.79 Å². The molecular weight excluding hydrogens is 1090 g/mol. The van der Waals surface area contributed by atoms with Crippen LogP contribution in [-0.4, -0.2) is 10.9 Å². The summed E-state index contributed by atoms with van der Waals surface area (Å²) in [6.45, 7) is 23.5. The molecule has 0 aliphatic heterocycles. The second kappa shape index (κ2) is 68.4. The lowest BCUT2D eigenvalue weighted by Gasteiger charge is -2.66. The molecule has 90 heavy (non-hydrogen) atoms. The summed E-state index contributed by atoms with van der Waals surface area (Å²) in [4.78, 5) is 0. The molecule has 0 bridgehead atoms. The van der Waals surface area contributed by atoms with Gasteiger partial charge in [-0.2, -0.15) is 0 Å². The van der Waals surface area contributed by atoms with Gasteiger partial charge in [0.25, 0.3) is 0 Å². The fourth-order valence-corrected chi connectivity index (χ4v) is 17.5. The minimum Gasteiger partial charge on any atom is -0.470 e. The van der Waals surface area contributed by atoms with Gasteiger partial charge in [-0.05, 0) is 62.2 Å². The lowest BCUT2D eigenvalue weighted by atomic mass is 9.39. The Morgan fingerprint density at radius 2 is 0.344 bits per heavy atom. The van der Waals surface area contributed by atoms with Crippen molar-refractivity contribution in [2.24, 2.45) is 16.2 Å². The van der Waals surface area contributed by atoms with Gasteiger partial charge >= 0.3 is 0 Å². The molecule has 0 spiro atoms. The van der Waals surface area contributed by atoms with Crippen LogP contribution in [0.3, 0.4) is 0 Å². The lowest BCUT2D eigenvalue weighted by molar-refractivity contribution is -0.320. The van der Waals surface area contributed by atoms with Crippen molar-refractivity contribution in [2.45, 2.75) is 536 Å². The molecule has 0 aliphatic rings. The van der Waals surface area contributed by atoms with Crippen molar-refractivity contribution >= 4 is 0 Å². The molecule has 0 radical (unpaired) electrons. The Hall–Kier alpha value is -0.500. The standard InChI is InChI=1S/C88H176O2/c1-10-19-27-35-43-51-52-55-63-71-79-85(77-69-61-53-44-36-28-20-11-2,78-70-62-54-45-37-29-21-12-3)86(80-72-64-56-46-38-30-22-13-4,81-73-65-57-47-39-31-23-14-5)87(82-74-66-58-48-40-32-24-15-6,83-75-67-59-49-41-33-25-16-7)88(89,90-18-9)84-76-68-60-50-42-34-26-17-8/h18,89H,9-17,19-84H2,1-8H3. The van der Waals surface area contributed by atoms with E-state index in [1.807, 2.05) is 0 Å². The first-order valence-corrected chi connectivity index (χ1v) is 43.3. The van der Waals surface area contributed by atoms with Gasteiger partial charge in [0.05, 0.1) is 6.26 Å². The average Bonchev–Trinajstić information content (AvgIpc) is 0.704. The minimum absolute atomic E-state index is 0.0217. The molecule has 2 heteroatoms. The molecule has 1 atom stereocenters. The largest absolute Gasteiger partial charge is 0.470 e. The summed E-state index contributed by atoms with van der Waals surface area (Å²) < 4.78 is 7.47. The maximum absolute atomic E-state index is 15.1. The van der Waals surface area contributed by atoms with Crippen molar-refractivity contribution in [1.29, 1.82) is 0 Å². The van der Waals surface area contributed by atoms with Crippen molar-refractivity contribution < 1.29 is 9.84 Å². The van der Waals surface area contributed by atoms with Crippen LogP contribution in [0.2, 0.25) is 0 Å². The van der Waals surface area contributed by atoms with Gasteiger partial charge in [0, 0.05) is 11.8 Å². The number of aliphatic hydroxyl groups is 1. The lowest BCUT2D eigenvalue weighted by Crippen LogP contribution is -2.65. The fraction of sp³-hybridized carbons (Fsp3) is 0.977. The summed E-state index contributed by atoms with van der Waals surface area (Å²) in [6.07, 6.45) is 102. The number of ether oxygens (including phenoxy) is 1. The van der Waals surface area contributed by atoms with Crippen LogP contribution in [0.5, 0.6) is 0 Å². The smallest absolute Gasteiger partial charge is 0.213 e. The van der Waals surface area contributed by atoms with Gasteiger partial charge in [0.1, 0.15) is 0 Å². The summed E-state index contributed by atoms with van der Waals surface area (Å²) in [5.41, 5.74) is -0.204. The molecule has 2 nitrogen and oxygen atoms in total. The van der Waals surface area contributed by atoms with E-state index in [0.29, 0.717) is 0 Å². The number of hydrogen-bond donors (Lipinski definition) is 1. The third kappa shape index (κ3) is 45.1. The molecule has 0 fully saturated rings. The molecule has 0 saturated heterocycles. The van der Waals surface area contributed by atoms with Gasteiger partial charge in [-0.15, -0.1) is 0 Å². The maximum atomic E-state index is 15.1. The Morgan fingerprint density at radius 1 is 0.200 bits per heavy atom. The molecule has 0 aromatic rings. The summed E-state index contributed by atoms with van der Waals surface area (Å²) in [5.74, 6) is -1.24. The van der Waals surface area contributed by atoms with Crippen LogP contribution in [0, 0.1) is 16.2 Å². The van der Waals surface area contributed by atoms with E-state index in [4.69, 9.17) is 4.74 Å². The molecule has 540 valence electrons. The van der Waals surface area contributed by atoms with Crippen LogP contribution in [0.15, 0.2) is 12.8 Å². The van der Waals surface area contributed by atoms with E-state index in [0.717, 1.165) is 25.7 Å². The van der Waals surface area contributed by atoms with E-state index < -0.39 is 5.79 Å². The van der Waals surface area contributed by atoms with E-state index in [1.165, 1.54) is 449 Å². The van der Waals surface area contributed by atoms with Crippen molar-refractivity contribution in [2.75, 3.05) is 0 Å². The van der Waals surface area contributed by atoms with Gasteiger partial charge in [-0.1, -0.05) is 479 Å². The summed E-state index contributed by atoms with van der Waals surface area (Å²) >= 11 is 0. The van der Waals surface area contributed by atoms with Crippen molar-refractivity contribution in [3.8, 4) is 0 Å². The van der Waals surface area contributed by atoms with E-state index in [2.05, 4.69) is 62.0 Å². The van der Waals surface area contributed by atoms with Crippen LogP contribution in [0.25, 0.3) is 0 Å². The number of rotatable bonds is 79. The highest BCUT2D eigenvalue weighted by Crippen LogP contribution is 2.71. The Bertz CT molecular complexity index is 1310. The first-order valence-electron chi connectivity index (χ1n) is 43.3. The van der Waals surface area contributed by atoms with Gasteiger partial charge in [-0.3, -0.25) is 0 Å². The normalized spacial score (nSPS) is 13.0. The minimum atomic E-state index is -1.24. The predicted molar refractivity (Wildman–Crippen MR) is 411 cm³/mol. The molecule has 0 amide bonds. The van der Waals surface area contributed by atoms with Gasteiger partial charge < -0.3 is 9.84 Å². The number of hydrogen-bond acceptors (Lipinski definition) is 2. The SMILES string of the molecule is C=COC(O)(CCCCCCCCCC)C(CCCCCCCCCC)(CCCCCCCCCC)C(CCCCCCCCCC)(CCCCCCCCCC)C(CCCCCCCCCC)(CCCCCCCCCC)CCCCCCCCCCCC. The van der Waals surface area contributed by atoms with Crippen molar-refractivity contribution in [3.63, 3.8) is 0 Å². The molecule has 0 aromatic carbocycles. The molecule has 1 unspecified atom stereocenters. The predicted octanol–water partition coefficient (Wildman–Crippen LogP) is 32.8. The summed E-state index contributed by atoms with van der Waals surface area (Å²) in [6, 6.07) is 0. The average molecular weight is 1270 g/mol. The summed E-state index contributed by atoms with van der Waals surface area (Å²) in [7, 11) is 0. The van der Waals surface area contributed by atoms with Crippen molar-refractivity contribution in [3.05, 3.63) is 12.8 Å². The van der Waals surface area contributed by atoms with E-state index in [1.54, 1.807) is 6.26 Å². The van der Waals surface area contributed by atoms with Crippen LogP contribution < -0.4 is 0 Å². The molecule has 0 aliphatic carbocycles. The Labute approximate surface area is 572 Å². The molecule has 0 aromatic heterocycles. The highest BCUT2D eigenvalue weighted by molar-refractivity contribution is 5.14. The van der Waals surface area contributed by atoms with Crippen LogP contribution >= 0.6 is 0 Å². The highest BCUT2D eigenvalue weighted by atomic mass is 16.6. The Morgan fingerprint density at radius 3 is 0.522 bits per heavy atom. The zero-order chi connectivity index (χ0) is 65.7. The quantitative estimate of drug-likeness (QED) is 0.0374. The Kier molecular flexibility index (Phi) is 68.1. The van der Waals surface area contributed by atoms with Crippen LogP contribution in [-0.2, 0) is 4.74 Å². The second-order valence-corrected chi connectivity index (χ2v) is 31.0. The first kappa shape index (κ1) is 89.5. The topological polar surface area (TPSA) is 29.5 Å². The summed E-state index contributed by atoms with van der Waals surface area (Å²) in [5, 5.41) is 15.1. The van der Waals surface area contributed by atoms with Gasteiger partial charge in [-0.25, -0.2) is 0 Å². The molecule has 0 rings (SSSR count). The van der Waals surface area contributed by atoms with Crippen molar-refractivity contribution in [1.82, 2.24) is 0 Å². The maximum Gasteiger partial charge on any atom is 0.213 e. The Balaban J connectivity index is 9.02. The first-order chi connectivity index (χ1) is 44.3. The van der Waals surface area contributed by atoms with Crippen LogP contribution in [0.1, 0.15) is 531 Å². The zero-order valence-corrected chi connectivity index (χ0v) is 64.5. The van der Waals surface area contributed by atoms with E-state index >= 15 is 5.11 Å². The van der Waals surface area contributed by atoms with Crippen LogP contribution in [0.4, 0.5) is 0 Å². The third-order valence-electron chi connectivity index (χ3n) is 23.2. The molecule has 0 heterocycles. The highest BCUT2D eigenvalue weighted by Gasteiger charge is 2.68. The fourth-order valence-electron chi connectivity index (χ4n) is 17.5. The van der Waals surface area contributed by atoms with E-state index in [9.17, 15) is 0 Å². The molecule has 0 saturated carbocycles. The monoisotopic (exact) mass is 1270 g/mol. The van der Waals surface area contributed by atoms with Gasteiger partial charge in [0.15, 0.2) is 0 Å². The molecule has 1 N–H and O–H groups in total. The van der Waals surface area contributed by atoms with E-state index in [-0.39, 0.29) is 16.2 Å². The molecular formula is C88H176O2. The number of unbranched alkanes of at least 4 members (excludes halogenated alkanes) is 58.